The molecule has 0 bridgehead atoms. The van der Waals surface area contributed by atoms with Gasteiger partial charge in [-0.3, -0.25) is 0 Å². The van der Waals surface area contributed by atoms with Crippen LogP contribution in [0.25, 0.3) is 0 Å². The van der Waals surface area contributed by atoms with Crippen molar-refractivity contribution >= 4 is 11.9 Å². The minimum atomic E-state index is -1.28. The van der Waals surface area contributed by atoms with Crippen LogP contribution in [0.3, 0.4) is 0 Å². The molecule has 0 aromatic heterocycles. The van der Waals surface area contributed by atoms with Crippen molar-refractivity contribution in [2.75, 3.05) is 0 Å². The Kier molecular flexibility index (Phi) is 1.79. The van der Waals surface area contributed by atoms with E-state index in [1.54, 1.807) is 0 Å². The van der Waals surface area contributed by atoms with Crippen LogP contribution in [-0.2, 0) is 19.1 Å². The van der Waals surface area contributed by atoms with E-state index in [1.807, 2.05) is 0 Å². The number of hydrogen-bond acceptors (Lipinski definition) is 5. The van der Waals surface area contributed by atoms with Gasteiger partial charge in [-0.05, 0) is 0 Å². The highest BCUT2D eigenvalue weighted by atomic mass is 16.7. The number of ether oxygens (including phenoxy) is 2. The van der Waals surface area contributed by atoms with Gasteiger partial charge in [0.05, 0.1) is 0 Å². The highest BCUT2D eigenvalue weighted by Crippen LogP contribution is 2.21. The maximum atomic E-state index is 10.9. The Morgan fingerprint density at radius 3 is 2.00 bits per heavy atom. The number of hydrogen-bond donors (Lipinski definition) is 0. The summed E-state index contributed by atoms with van der Waals surface area (Å²) in [6.07, 6.45) is 0.125. The van der Waals surface area contributed by atoms with Crippen molar-refractivity contribution in [3.8, 4) is 0 Å². The summed E-state index contributed by atoms with van der Waals surface area (Å²) in [4.78, 5) is 21.7. The van der Waals surface area contributed by atoms with Crippen LogP contribution in [0.5, 0.6) is 0 Å². The average Bonchev–Trinajstić information content (AvgIpc) is 1.82. The molecule has 66 valence electrons. The number of rotatable bonds is 0. The van der Waals surface area contributed by atoms with Gasteiger partial charge in [0.15, 0.2) is 0 Å². The van der Waals surface area contributed by atoms with Crippen LogP contribution in [0, 0.1) is 0 Å². The summed E-state index contributed by atoms with van der Waals surface area (Å²) < 4.78 is 9.19. The van der Waals surface area contributed by atoms with E-state index < -0.39 is 23.3 Å². The van der Waals surface area contributed by atoms with Crippen LogP contribution in [0.4, 0.5) is 0 Å². The molecule has 5 nitrogen and oxygen atoms in total. The molecule has 0 spiro atoms. The summed E-state index contributed by atoms with van der Waals surface area (Å²) in [5.41, 5.74) is -0.602. The molecule has 0 saturated carbocycles. The quantitative estimate of drug-likeness (QED) is 0.203. The zero-order valence-electron chi connectivity index (χ0n) is 6.62. The largest absolute Gasteiger partial charge is 0.877 e. The lowest BCUT2D eigenvalue weighted by atomic mass is 10.2. The van der Waals surface area contributed by atoms with Gasteiger partial charge < -0.3 is 14.6 Å². The average molecular weight is 171 g/mol. The Morgan fingerprint density at radius 1 is 1.25 bits per heavy atom. The molecule has 0 atom stereocenters. The number of carbonyl (C=O) groups is 2. The smallest absolute Gasteiger partial charge is 0.347 e. The highest BCUT2D eigenvalue weighted by Gasteiger charge is 2.37. The molecular formula is C7H7O5-. The van der Waals surface area contributed by atoms with E-state index in [0.717, 1.165) is 0 Å². The van der Waals surface area contributed by atoms with Crippen molar-refractivity contribution in [2.24, 2.45) is 0 Å². The fourth-order valence-electron chi connectivity index (χ4n) is 0.757. The first-order valence-electron chi connectivity index (χ1n) is 3.25. The molecule has 0 aromatic carbocycles. The lowest BCUT2D eigenvalue weighted by Gasteiger charge is -2.30. The topological polar surface area (TPSA) is 75.7 Å². The SMILES string of the molecule is CC1(C)OC(=O)C(=C[O-])C(=O)O1. The zero-order valence-corrected chi connectivity index (χ0v) is 6.62. The molecule has 1 rings (SSSR count). The van der Waals surface area contributed by atoms with Gasteiger partial charge in [0.1, 0.15) is 5.57 Å². The standard InChI is InChI=1S/C7H8O5/c1-7(2)11-5(9)4(3-8)6(10)12-7/h3,8H,1-2H3/p-1. The second-order valence-corrected chi connectivity index (χ2v) is 2.71. The van der Waals surface area contributed by atoms with Crippen LogP contribution in [0.15, 0.2) is 11.8 Å². The van der Waals surface area contributed by atoms with Crippen molar-refractivity contribution in [2.45, 2.75) is 19.6 Å². The van der Waals surface area contributed by atoms with Gasteiger partial charge >= 0.3 is 11.9 Å². The predicted octanol–water partition coefficient (Wildman–Crippen LogP) is -0.933. The van der Waals surface area contributed by atoms with Gasteiger partial charge in [0, 0.05) is 13.8 Å². The van der Waals surface area contributed by atoms with Crippen molar-refractivity contribution in [3.05, 3.63) is 11.8 Å². The lowest BCUT2D eigenvalue weighted by Crippen LogP contribution is -2.42. The molecule has 12 heavy (non-hydrogen) atoms. The first-order valence-corrected chi connectivity index (χ1v) is 3.25. The van der Waals surface area contributed by atoms with E-state index in [9.17, 15) is 14.7 Å². The first kappa shape index (κ1) is 8.58. The molecular weight excluding hydrogens is 164 g/mol. The molecule has 1 fully saturated rings. The van der Waals surface area contributed by atoms with Crippen molar-refractivity contribution in [1.82, 2.24) is 0 Å². The second kappa shape index (κ2) is 2.51. The third-order valence-corrected chi connectivity index (χ3v) is 1.23. The minimum absolute atomic E-state index is 0.125. The number of esters is 2. The molecule has 1 heterocycles. The third-order valence-electron chi connectivity index (χ3n) is 1.23. The first-order chi connectivity index (χ1) is 5.46. The maximum Gasteiger partial charge on any atom is 0.347 e. The van der Waals surface area contributed by atoms with Gasteiger partial charge in [-0.15, -0.1) is 6.26 Å². The minimum Gasteiger partial charge on any atom is -0.877 e. The number of cyclic esters (lactones) is 2. The molecule has 1 aliphatic heterocycles. The van der Waals surface area contributed by atoms with Crippen LogP contribution >= 0.6 is 0 Å². The highest BCUT2D eigenvalue weighted by molar-refractivity contribution is 6.14. The van der Waals surface area contributed by atoms with E-state index >= 15 is 0 Å². The fraction of sp³-hybridized carbons (Fsp3) is 0.429. The molecule has 1 aliphatic rings. The van der Waals surface area contributed by atoms with Crippen LogP contribution in [0.2, 0.25) is 0 Å². The molecule has 0 unspecified atom stereocenters. The van der Waals surface area contributed by atoms with Gasteiger partial charge in [0.2, 0.25) is 0 Å². The Balaban J connectivity index is 2.93. The van der Waals surface area contributed by atoms with Crippen molar-refractivity contribution in [1.29, 1.82) is 0 Å². The molecule has 0 radical (unpaired) electrons. The van der Waals surface area contributed by atoms with Crippen LogP contribution in [0.1, 0.15) is 13.8 Å². The van der Waals surface area contributed by atoms with Gasteiger partial charge in [0.25, 0.3) is 5.79 Å². The van der Waals surface area contributed by atoms with Gasteiger partial charge in [-0.2, -0.15) is 0 Å². The van der Waals surface area contributed by atoms with Crippen LogP contribution in [-0.4, -0.2) is 17.7 Å². The summed E-state index contributed by atoms with van der Waals surface area (Å²) in [5, 5.41) is 10.2. The molecule has 0 N–H and O–H groups in total. The third kappa shape index (κ3) is 1.39. The van der Waals surface area contributed by atoms with Crippen molar-refractivity contribution in [3.63, 3.8) is 0 Å². The van der Waals surface area contributed by atoms with Crippen LogP contribution < -0.4 is 5.11 Å². The zero-order chi connectivity index (χ0) is 9.35. The molecule has 0 aliphatic carbocycles. The summed E-state index contributed by atoms with van der Waals surface area (Å²) in [6, 6.07) is 0. The normalized spacial score (nSPS) is 21.3. The Labute approximate surface area is 68.6 Å². The van der Waals surface area contributed by atoms with E-state index in [-0.39, 0.29) is 6.26 Å². The Morgan fingerprint density at radius 2 is 1.67 bits per heavy atom. The van der Waals surface area contributed by atoms with E-state index in [1.165, 1.54) is 13.8 Å². The predicted molar refractivity (Wildman–Crippen MR) is 34.3 cm³/mol. The summed E-state index contributed by atoms with van der Waals surface area (Å²) in [6.45, 7) is 2.81. The Hall–Kier alpha value is -1.52. The Bertz CT molecular complexity index is 241. The van der Waals surface area contributed by atoms with Crippen molar-refractivity contribution < 1.29 is 24.2 Å². The maximum absolute atomic E-state index is 10.9. The summed E-state index contributed by atoms with van der Waals surface area (Å²) in [7, 11) is 0. The molecule has 0 aromatic rings. The fourth-order valence-corrected chi connectivity index (χ4v) is 0.757. The van der Waals surface area contributed by atoms with E-state index in [0.29, 0.717) is 0 Å². The monoisotopic (exact) mass is 171 g/mol. The molecule has 5 heteroatoms. The molecule has 0 amide bonds. The van der Waals surface area contributed by atoms with Gasteiger partial charge in [-0.1, -0.05) is 0 Å². The second-order valence-electron chi connectivity index (χ2n) is 2.71. The van der Waals surface area contributed by atoms with E-state index in [2.05, 4.69) is 9.47 Å². The number of carbonyl (C=O) groups excluding carboxylic acids is 2. The van der Waals surface area contributed by atoms with E-state index in [4.69, 9.17) is 0 Å². The van der Waals surface area contributed by atoms with Gasteiger partial charge in [-0.25, -0.2) is 9.59 Å². The summed E-state index contributed by atoms with van der Waals surface area (Å²) in [5.74, 6) is -3.15. The summed E-state index contributed by atoms with van der Waals surface area (Å²) >= 11 is 0. The molecule has 1 saturated heterocycles. The lowest BCUT2D eigenvalue weighted by molar-refractivity contribution is -0.278.